The zero-order chi connectivity index (χ0) is 20.9. The molecule has 0 saturated carbocycles. The van der Waals surface area contributed by atoms with Crippen molar-refractivity contribution in [3.63, 3.8) is 0 Å². The van der Waals surface area contributed by atoms with Gasteiger partial charge in [0.1, 0.15) is 24.4 Å². The van der Waals surface area contributed by atoms with Gasteiger partial charge in [0.2, 0.25) is 5.91 Å². The highest BCUT2D eigenvalue weighted by atomic mass is 16.6. The van der Waals surface area contributed by atoms with Crippen LogP contribution in [0.4, 0.5) is 4.79 Å². The monoisotopic (exact) mass is 393 g/mol. The topological polar surface area (TPSA) is 110 Å². The average Bonchev–Trinajstić information content (AvgIpc) is 3.24. The predicted octanol–water partition coefficient (Wildman–Crippen LogP) is 2.41. The van der Waals surface area contributed by atoms with E-state index in [-0.39, 0.29) is 29.8 Å². The number of H-pyrrole nitrogens is 1. The van der Waals surface area contributed by atoms with Crippen molar-refractivity contribution in [2.45, 2.75) is 65.6 Å². The number of aromatic nitrogens is 1. The molecule has 2 rings (SSSR count). The SMILES string of the molecule is CCC1OCC(=O)C1NC(=O)[C@H](CC(C)(C)C(C)C)NC(=O)Oc1cc[nH]c1. The molecule has 1 aliphatic rings. The Labute approximate surface area is 165 Å². The Kier molecular flexibility index (Phi) is 7.23. The van der Waals surface area contributed by atoms with Crippen LogP contribution in [0.5, 0.6) is 5.75 Å². The van der Waals surface area contributed by atoms with E-state index >= 15 is 0 Å². The summed E-state index contributed by atoms with van der Waals surface area (Å²) in [4.78, 5) is 40.1. The minimum atomic E-state index is -0.838. The number of nitrogens with one attached hydrogen (secondary N) is 3. The molecule has 3 N–H and O–H groups in total. The van der Waals surface area contributed by atoms with Crippen molar-refractivity contribution in [2.75, 3.05) is 6.61 Å². The van der Waals surface area contributed by atoms with Gasteiger partial charge in [0, 0.05) is 12.4 Å². The van der Waals surface area contributed by atoms with Crippen molar-refractivity contribution in [3.8, 4) is 5.75 Å². The van der Waals surface area contributed by atoms with Gasteiger partial charge in [-0.25, -0.2) is 4.79 Å². The minimum absolute atomic E-state index is 0.00539. The van der Waals surface area contributed by atoms with E-state index in [0.717, 1.165) is 0 Å². The molecule has 8 heteroatoms. The van der Waals surface area contributed by atoms with E-state index in [0.29, 0.717) is 18.6 Å². The van der Waals surface area contributed by atoms with Crippen LogP contribution in [0, 0.1) is 11.3 Å². The highest BCUT2D eigenvalue weighted by Gasteiger charge is 2.39. The van der Waals surface area contributed by atoms with Crippen LogP contribution in [0.3, 0.4) is 0 Å². The van der Waals surface area contributed by atoms with Crippen molar-refractivity contribution in [3.05, 3.63) is 18.5 Å². The molecule has 156 valence electrons. The Hall–Kier alpha value is -2.35. The lowest BCUT2D eigenvalue weighted by Crippen LogP contribution is -2.55. The van der Waals surface area contributed by atoms with E-state index in [1.807, 2.05) is 20.8 Å². The third-order valence-corrected chi connectivity index (χ3v) is 5.54. The summed E-state index contributed by atoms with van der Waals surface area (Å²) < 4.78 is 10.6. The number of ether oxygens (including phenoxy) is 2. The maximum atomic E-state index is 12.9. The minimum Gasteiger partial charge on any atom is -0.409 e. The highest BCUT2D eigenvalue weighted by Crippen LogP contribution is 2.31. The molecule has 8 nitrogen and oxygen atoms in total. The second-order valence-corrected chi connectivity index (χ2v) is 8.19. The smallest absolute Gasteiger partial charge is 0.409 e. The molecule has 1 fully saturated rings. The zero-order valence-corrected chi connectivity index (χ0v) is 17.2. The molecule has 0 bridgehead atoms. The van der Waals surface area contributed by atoms with Gasteiger partial charge in [0.25, 0.3) is 0 Å². The van der Waals surface area contributed by atoms with Gasteiger partial charge < -0.3 is 25.1 Å². The van der Waals surface area contributed by atoms with E-state index in [1.165, 1.54) is 6.20 Å². The largest absolute Gasteiger partial charge is 0.413 e. The van der Waals surface area contributed by atoms with Gasteiger partial charge >= 0.3 is 6.09 Å². The fraction of sp³-hybridized carbons (Fsp3) is 0.650. The lowest BCUT2D eigenvalue weighted by atomic mass is 9.76. The molecule has 0 radical (unpaired) electrons. The lowest BCUT2D eigenvalue weighted by molar-refractivity contribution is -0.128. The summed E-state index contributed by atoms with van der Waals surface area (Å²) >= 11 is 0. The number of ketones is 1. The predicted molar refractivity (Wildman–Crippen MR) is 104 cm³/mol. The van der Waals surface area contributed by atoms with Gasteiger partial charge in [-0.05, 0) is 30.2 Å². The standard InChI is InChI=1S/C20H31N3O5/c1-6-16-17(15(24)11-27-16)23-18(25)14(9-20(4,5)12(2)3)22-19(26)28-13-7-8-21-10-13/h7-8,10,12,14,16-17,21H,6,9,11H2,1-5H3,(H,22,26)(H,23,25)/t14-,16?,17?/m0/s1. The molecular formula is C20H31N3O5. The lowest BCUT2D eigenvalue weighted by Gasteiger charge is -2.33. The highest BCUT2D eigenvalue weighted by molar-refractivity contribution is 5.94. The third-order valence-electron chi connectivity index (χ3n) is 5.54. The second kappa shape index (κ2) is 9.23. The molecule has 1 aromatic rings. The Morgan fingerprint density at radius 2 is 2.11 bits per heavy atom. The molecule has 1 aliphatic heterocycles. The van der Waals surface area contributed by atoms with Crippen molar-refractivity contribution < 1.29 is 23.9 Å². The van der Waals surface area contributed by atoms with Crippen LogP contribution >= 0.6 is 0 Å². The first kappa shape index (κ1) is 21.9. The van der Waals surface area contributed by atoms with E-state index in [1.54, 1.807) is 12.3 Å². The summed E-state index contributed by atoms with van der Waals surface area (Å²) in [5, 5.41) is 5.41. The van der Waals surface area contributed by atoms with Gasteiger partial charge in [-0.15, -0.1) is 0 Å². The Morgan fingerprint density at radius 1 is 1.39 bits per heavy atom. The summed E-state index contributed by atoms with van der Waals surface area (Å²) in [7, 11) is 0. The fourth-order valence-corrected chi connectivity index (χ4v) is 2.99. The van der Waals surface area contributed by atoms with Crippen LogP contribution in [0.25, 0.3) is 0 Å². The van der Waals surface area contributed by atoms with Crippen LogP contribution in [-0.4, -0.2) is 47.6 Å². The molecule has 28 heavy (non-hydrogen) atoms. The average molecular weight is 393 g/mol. The molecule has 2 heterocycles. The van der Waals surface area contributed by atoms with Crippen LogP contribution < -0.4 is 15.4 Å². The number of Topliss-reactive ketones (excluding diaryl/α,β-unsaturated/α-hetero) is 1. The number of amides is 2. The van der Waals surface area contributed by atoms with E-state index < -0.39 is 24.1 Å². The molecule has 0 aromatic carbocycles. The Morgan fingerprint density at radius 3 is 2.68 bits per heavy atom. The quantitative estimate of drug-likeness (QED) is 0.628. The van der Waals surface area contributed by atoms with E-state index in [2.05, 4.69) is 29.5 Å². The van der Waals surface area contributed by atoms with Crippen LogP contribution in [0.2, 0.25) is 0 Å². The fourth-order valence-electron chi connectivity index (χ4n) is 2.99. The van der Waals surface area contributed by atoms with Gasteiger partial charge in [-0.2, -0.15) is 0 Å². The van der Waals surface area contributed by atoms with Gasteiger partial charge in [0.15, 0.2) is 5.78 Å². The maximum Gasteiger partial charge on any atom is 0.413 e. The normalized spacial score (nSPS) is 20.9. The second-order valence-electron chi connectivity index (χ2n) is 8.19. The number of hydrogen-bond donors (Lipinski definition) is 3. The number of carbonyl (C=O) groups is 3. The zero-order valence-electron chi connectivity index (χ0n) is 17.2. The van der Waals surface area contributed by atoms with Gasteiger partial charge in [0.05, 0.1) is 6.10 Å². The number of hydrogen-bond acceptors (Lipinski definition) is 5. The van der Waals surface area contributed by atoms with Crippen molar-refractivity contribution in [2.24, 2.45) is 11.3 Å². The van der Waals surface area contributed by atoms with E-state index in [9.17, 15) is 14.4 Å². The van der Waals surface area contributed by atoms with Crippen LogP contribution in [0.1, 0.15) is 47.5 Å². The van der Waals surface area contributed by atoms with Crippen molar-refractivity contribution in [1.29, 1.82) is 0 Å². The van der Waals surface area contributed by atoms with Gasteiger partial charge in [-0.1, -0.05) is 34.6 Å². The van der Waals surface area contributed by atoms with Crippen molar-refractivity contribution in [1.82, 2.24) is 15.6 Å². The number of aromatic amines is 1. The summed E-state index contributed by atoms with van der Waals surface area (Å²) in [6.07, 6.45) is 3.11. The first-order valence-electron chi connectivity index (χ1n) is 9.70. The summed E-state index contributed by atoms with van der Waals surface area (Å²) in [6.45, 7) is 10.1. The molecule has 2 amide bonds. The maximum absolute atomic E-state index is 12.9. The summed E-state index contributed by atoms with van der Waals surface area (Å²) in [6, 6.07) is 0.0759. The Bertz CT molecular complexity index is 684. The molecule has 0 aliphatic carbocycles. The van der Waals surface area contributed by atoms with Gasteiger partial charge in [-0.3, -0.25) is 9.59 Å². The number of carbonyl (C=O) groups excluding carboxylic acids is 3. The molecule has 2 unspecified atom stereocenters. The molecule has 1 saturated heterocycles. The molecule has 0 spiro atoms. The third kappa shape index (κ3) is 5.58. The summed E-state index contributed by atoms with van der Waals surface area (Å²) in [5.41, 5.74) is -0.219. The first-order chi connectivity index (χ1) is 13.1. The molecular weight excluding hydrogens is 362 g/mol. The van der Waals surface area contributed by atoms with Crippen molar-refractivity contribution >= 4 is 17.8 Å². The number of rotatable bonds is 8. The molecule has 3 atom stereocenters. The molecule has 1 aromatic heterocycles. The first-order valence-corrected chi connectivity index (χ1v) is 9.70. The summed E-state index contributed by atoms with van der Waals surface area (Å²) in [5.74, 6) is 0.0642. The van der Waals surface area contributed by atoms with Crippen LogP contribution in [0.15, 0.2) is 18.5 Å². The van der Waals surface area contributed by atoms with E-state index in [4.69, 9.17) is 9.47 Å². The van der Waals surface area contributed by atoms with Crippen LogP contribution in [-0.2, 0) is 14.3 Å². The Balaban J connectivity index is 2.10.